The van der Waals surface area contributed by atoms with Gasteiger partial charge in [-0.05, 0) is 26.0 Å². The number of nitrogens with two attached hydrogens (primary N) is 1. The summed E-state index contributed by atoms with van der Waals surface area (Å²) in [4.78, 5) is 11.4. The number of rotatable bonds is 4. The van der Waals surface area contributed by atoms with E-state index in [1.807, 2.05) is 6.92 Å². The number of amides is 1. The van der Waals surface area contributed by atoms with Gasteiger partial charge in [0.05, 0.1) is 11.8 Å². The molecule has 1 aromatic rings. The van der Waals surface area contributed by atoms with Gasteiger partial charge in [0.25, 0.3) is 5.91 Å². The summed E-state index contributed by atoms with van der Waals surface area (Å²) < 4.78 is 4.79. The highest BCUT2D eigenvalue weighted by atomic mass is 16.3. The van der Waals surface area contributed by atoms with E-state index in [-0.39, 0.29) is 11.9 Å². The van der Waals surface area contributed by atoms with Crippen LogP contribution in [0, 0.1) is 0 Å². The van der Waals surface area contributed by atoms with Crippen molar-refractivity contribution in [3.8, 4) is 0 Å². The minimum absolute atomic E-state index is 0.104. The van der Waals surface area contributed by atoms with Gasteiger partial charge < -0.3 is 15.5 Å². The molecule has 0 bridgehead atoms. The van der Waals surface area contributed by atoms with Gasteiger partial charge in [-0.25, -0.2) is 0 Å². The van der Waals surface area contributed by atoms with Gasteiger partial charge in [-0.3, -0.25) is 4.79 Å². The molecule has 1 unspecified atom stereocenters. The molecular formula is C9H14N2O2. The predicted octanol–water partition coefficient (Wildman–Crippen LogP) is 0.747. The zero-order chi connectivity index (χ0) is 9.68. The van der Waals surface area contributed by atoms with Gasteiger partial charge >= 0.3 is 0 Å². The Bertz CT molecular complexity index is 257. The molecule has 1 atom stereocenters. The van der Waals surface area contributed by atoms with E-state index in [1.54, 1.807) is 6.07 Å². The Morgan fingerprint density at radius 1 is 1.77 bits per heavy atom. The molecule has 1 rings (SSSR count). The van der Waals surface area contributed by atoms with Gasteiger partial charge in [0, 0.05) is 6.04 Å². The van der Waals surface area contributed by atoms with Crippen LogP contribution in [0.15, 0.2) is 23.0 Å². The Balaban J connectivity index is 2.42. The largest absolute Gasteiger partial charge is 0.472 e. The maximum Gasteiger partial charge on any atom is 0.254 e. The lowest BCUT2D eigenvalue weighted by molar-refractivity contribution is 0.0938. The molecule has 0 aromatic carbocycles. The monoisotopic (exact) mass is 182 g/mol. The molecule has 3 N–H and O–H groups in total. The summed E-state index contributed by atoms with van der Waals surface area (Å²) in [6, 6.07) is 1.73. The summed E-state index contributed by atoms with van der Waals surface area (Å²) in [6.45, 7) is 2.50. The molecule has 0 spiro atoms. The average Bonchev–Trinajstić information content (AvgIpc) is 2.55. The van der Waals surface area contributed by atoms with Gasteiger partial charge in [-0.15, -0.1) is 0 Å². The summed E-state index contributed by atoms with van der Waals surface area (Å²) in [5, 5.41) is 2.80. The minimum Gasteiger partial charge on any atom is -0.472 e. The van der Waals surface area contributed by atoms with Gasteiger partial charge in [0.1, 0.15) is 6.26 Å². The van der Waals surface area contributed by atoms with Crippen LogP contribution in [-0.4, -0.2) is 18.5 Å². The van der Waals surface area contributed by atoms with Crippen molar-refractivity contribution in [1.29, 1.82) is 0 Å². The molecule has 13 heavy (non-hydrogen) atoms. The fourth-order valence-electron chi connectivity index (χ4n) is 1.02. The van der Waals surface area contributed by atoms with E-state index < -0.39 is 0 Å². The van der Waals surface area contributed by atoms with Crippen LogP contribution in [0.5, 0.6) is 0 Å². The highest BCUT2D eigenvalue weighted by molar-refractivity contribution is 5.93. The topological polar surface area (TPSA) is 68.3 Å². The molecule has 0 radical (unpaired) electrons. The first-order valence-electron chi connectivity index (χ1n) is 4.27. The highest BCUT2D eigenvalue weighted by Crippen LogP contribution is 2.00. The first-order chi connectivity index (χ1) is 6.24. The molecule has 4 nitrogen and oxygen atoms in total. The van der Waals surface area contributed by atoms with Crippen molar-refractivity contribution >= 4 is 5.91 Å². The van der Waals surface area contributed by atoms with Crippen molar-refractivity contribution < 1.29 is 9.21 Å². The number of nitrogens with one attached hydrogen (secondary N) is 1. The third-order valence-electron chi connectivity index (χ3n) is 1.76. The number of hydrogen-bond donors (Lipinski definition) is 2. The SMILES string of the molecule is CC(CCN)NC(=O)c1ccoc1. The lowest BCUT2D eigenvalue weighted by atomic mass is 10.2. The number of carbonyl (C=O) groups excluding carboxylic acids is 1. The molecular weight excluding hydrogens is 168 g/mol. The van der Waals surface area contributed by atoms with Crippen molar-refractivity contribution in [2.45, 2.75) is 19.4 Å². The van der Waals surface area contributed by atoms with Crippen molar-refractivity contribution in [2.24, 2.45) is 5.73 Å². The second-order valence-corrected chi connectivity index (χ2v) is 2.96. The minimum atomic E-state index is -0.116. The van der Waals surface area contributed by atoms with E-state index in [0.29, 0.717) is 12.1 Å². The fraction of sp³-hybridized carbons (Fsp3) is 0.444. The number of furan rings is 1. The zero-order valence-electron chi connectivity index (χ0n) is 7.62. The molecule has 0 saturated carbocycles. The van der Waals surface area contributed by atoms with E-state index in [4.69, 9.17) is 10.2 Å². The molecule has 1 aromatic heterocycles. The normalized spacial score (nSPS) is 12.5. The second-order valence-electron chi connectivity index (χ2n) is 2.96. The van der Waals surface area contributed by atoms with Gasteiger partial charge in [-0.2, -0.15) is 0 Å². The standard InChI is InChI=1S/C9H14N2O2/c1-7(2-4-10)11-9(12)8-3-5-13-6-8/h3,5-7H,2,4,10H2,1H3,(H,11,12). The summed E-state index contributed by atoms with van der Waals surface area (Å²) in [7, 11) is 0. The maximum absolute atomic E-state index is 11.4. The summed E-state index contributed by atoms with van der Waals surface area (Å²) in [5.41, 5.74) is 5.90. The Labute approximate surface area is 77.1 Å². The van der Waals surface area contributed by atoms with Crippen LogP contribution < -0.4 is 11.1 Å². The highest BCUT2D eigenvalue weighted by Gasteiger charge is 2.09. The van der Waals surface area contributed by atoms with Crippen LogP contribution in [0.2, 0.25) is 0 Å². The van der Waals surface area contributed by atoms with Gasteiger partial charge in [0.15, 0.2) is 0 Å². The molecule has 1 heterocycles. The van der Waals surface area contributed by atoms with E-state index in [2.05, 4.69) is 5.32 Å². The quantitative estimate of drug-likeness (QED) is 0.721. The third kappa shape index (κ3) is 2.91. The van der Waals surface area contributed by atoms with Crippen molar-refractivity contribution in [3.63, 3.8) is 0 Å². The number of carbonyl (C=O) groups is 1. The molecule has 1 amide bonds. The molecule has 72 valence electrons. The summed E-state index contributed by atoms with van der Waals surface area (Å²) >= 11 is 0. The Hall–Kier alpha value is -1.29. The Kier molecular flexibility index (Phi) is 3.52. The van der Waals surface area contributed by atoms with Gasteiger partial charge in [-0.1, -0.05) is 0 Å². The lowest BCUT2D eigenvalue weighted by Crippen LogP contribution is -2.33. The van der Waals surface area contributed by atoms with Crippen molar-refractivity contribution in [3.05, 3.63) is 24.2 Å². The van der Waals surface area contributed by atoms with Crippen LogP contribution in [0.3, 0.4) is 0 Å². The van der Waals surface area contributed by atoms with E-state index >= 15 is 0 Å². The van der Waals surface area contributed by atoms with E-state index in [0.717, 1.165) is 6.42 Å². The molecule has 0 aliphatic heterocycles. The van der Waals surface area contributed by atoms with Crippen LogP contribution in [-0.2, 0) is 0 Å². The van der Waals surface area contributed by atoms with Crippen LogP contribution in [0.4, 0.5) is 0 Å². The first kappa shape index (κ1) is 9.80. The molecule has 0 aliphatic carbocycles. The Morgan fingerprint density at radius 2 is 2.54 bits per heavy atom. The third-order valence-corrected chi connectivity index (χ3v) is 1.76. The zero-order valence-corrected chi connectivity index (χ0v) is 7.62. The van der Waals surface area contributed by atoms with Crippen LogP contribution in [0.1, 0.15) is 23.7 Å². The first-order valence-corrected chi connectivity index (χ1v) is 4.27. The fourth-order valence-corrected chi connectivity index (χ4v) is 1.02. The molecule has 4 heteroatoms. The maximum atomic E-state index is 11.4. The number of hydrogen-bond acceptors (Lipinski definition) is 3. The Morgan fingerprint density at radius 3 is 3.08 bits per heavy atom. The summed E-state index contributed by atoms with van der Waals surface area (Å²) in [6.07, 6.45) is 3.68. The summed E-state index contributed by atoms with van der Waals surface area (Å²) in [5.74, 6) is -0.116. The molecule has 0 aliphatic rings. The van der Waals surface area contributed by atoms with E-state index in [9.17, 15) is 4.79 Å². The average molecular weight is 182 g/mol. The van der Waals surface area contributed by atoms with Crippen LogP contribution >= 0.6 is 0 Å². The van der Waals surface area contributed by atoms with Gasteiger partial charge in [0.2, 0.25) is 0 Å². The predicted molar refractivity (Wildman–Crippen MR) is 49.3 cm³/mol. The second kappa shape index (κ2) is 4.67. The van der Waals surface area contributed by atoms with Crippen LogP contribution in [0.25, 0.3) is 0 Å². The van der Waals surface area contributed by atoms with E-state index in [1.165, 1.54) is 12.5 Å². The smallest absolute Gasteiger partial charge is 0.254 e. The molecule has 0 saturated heterocycles. The van der Waals surface area contributed by atoms with Crippen molar-refractivity contribution in [1.82, 2.24) is 5.32 Å². The van der Waals surface area contributed by atoms with Crippen molar-refractivity contribution in [2.75, 3.05) is 6.54 Å². The lowest BCUT2D eigenvalue weighted by Gasteiger charge is -2.11. The molecule has 0 fully saturated rings.